The number of rotatable bonds is 3. The van der Waals surface area contributed by atoms with Crippen LogP contribution >= 0.6 is 11.6 Å². The predicted molar refractivity (Wildman–Crippen MR) is 83.6 cm³/mol. The molecular weight excluding hydrogens is 320 g/mol. The number of halogens is 1. The number of amides is 1. The summed E-state index contributed by atoms with van der Waals surface area (Å²) in [5, 5.41) is 10.9. The van der Waals surface area contributed by atoms with Crippen molar-refractivity contribution in [3.05, 3.63) is 47.1 Å². The molecule has 1 aliphatic heterocycles. The van der Waals surface area contributed by atoms with Gasteiger partial charge in [-0.15, -0.1) is 0 Å². The molecule has 7 heteroatoms. The number of aromatic nitrogens is 1. The first-order valence-electron chi connectivity index (χ1n) is 7.34. The molecule has 122 valence electrons. The lowest BCUT2D eigenvalue weighted by atomic mass is 10.0. The lowest BCUT2D eigenvalue weighted by molar-refractivity contribution is -0.0206. The van der Waals surface area contributed by atoms with Crippen LogP contribution in [0.3, 0.4) is 0 Å². The molecule has 1 fully saturated rings. The average molecular weight is 337 g/mol. The van der Waals surface area contributed by atoms with E-state index in [0.717, 1.165) is 0 Å². The highest BCUT2D eigenvalue weighted by Gasteiger charge is 2.33. The maximum absolute atomic E-state index is 12.4. The van der Waals surface area contributed by atoms with Crippen LogP contribution in [0.2, 0.25) is 5.02 Å². The van der Waals surface area contributed by atoms with Crippen LogP contribution in [0, 0.1) is 6.92 Å². The third kappa shape index (κ3) is 3.48. The molecule has 2 atom stereocenters. The van der Waals surface area contributed by atoms with E-state index in [1.165, 1.54) is 6.39 Å². The molecule has 0 saturated carbocycles. The van der Waals surface area contributed by atoms with E-state index in [0.29, 0.717) is 29.4 Å². The number of oxazole rings is 1. The first-order valence-corrected chi connectivity index (χ1v) is 7.72. The van der Waals surface area contributed by atoms with Gasteiger partial charge in [-0.05, 0) is 31.2 Å². The molecule has 0 unspecified atom stereocenters. The Balaban J connectivity index is 1.62. The zero-order valence-corrected chi connectivity index (χ0v) is 13.4. The van der Waals surface area contributed by atoms with Crippen molar-refractivity contribution in [2.75, 3.05) is 13.1 Å². The van der Waals surface area contributed by atoms with Crippen LogP contribution in [0.15, 0.2) is 35.1 Å². The van der Waals surface area contributed by atoms with Crippen LogP contribution < -0.4 is 4.74 Å². The Kier molecular flexibility index (Phi) is 4.54. The third-order valence-corrected chi connectivity index (χ3v) is 4.10. The maximum atomic E-state index is 12.4. The number of piperidine rings is 1. The molecular formula is C16H17ClN2O4. The molecule has 6 nitrogen and oxygen atoms in total. The molecule has 1 amide bonds. The lowest BCUT2D eigenvalue weighted by Crippen LogP contribution is -2.51. The molecule has 23 heavy (non-hydrogen) atoms. The fourth-order valence-corrected chi connectivity index (χ4v) is 2.70. The van der Waals surface area contributed by atoms with E-state index in [1.807, 2.05) is 0 Å². The number of carbonyl (C=O) groups is 1. The number of carbonyl (C=O) groups excluding carboxylic acids is 1. The van der Waals surface area contributed by atoms with Crippen molar-refractivity contribution >= 4 is 17.5 Å². The highest BCUT2D eigenvalue weighted by Crippen LogP contribution is 2.22. The van der Waals surface area contributed by atoms with Gasteiger partial charge >= 0.3 is 0 Å². The van der Waals surface area contributed by atoms with Gasteiger partial charge in [0.15, 0.2) is 6.39 Å². The van der Waals surface area contributed by atoms with E-state index in [9.17, 15) is 9.90 Å². The van der Waals surface area contributed by atoms with Crippen molar-refractivity contribution in [2.45, 2.75) is 25.6 Å². The van der Waals surface area contributed by atoms with Gasteiger partial charge in [0.25, 0.3) is 5.91 Å². The van der Waals surface area contributed by atoms with Crippen LogP contribution in [0.1, 0.15) is 22.7 Å². The van der Waals surface area contributed by atoms with E-state index in [4.69, 9.17) is 20.8 Å². The first kappa shape index (κ1) is 15.8. The molecule has 3 rings (SSSR count). The molecule has 2 aromatic rings. The molecule has 1 saturated heterocycles. The van der Waals surface area contributed by atoms with Crippen LogP contribution in [-0.2, 0) is 0 Å². The maximum Gasteiger partial charge on any atom is 0.291 e. The Labute approximate surface area is 138 Å². The highest BCUT2D eigenvalue weighted by atomic mass is 35.5. The summed E-state index contributed by atoms with van der Waals surface area (Å²) >= 11 is 5.84. The normalized spacial score (nSPS) is 21.3. The van der Waals surface area contributed by atoms with Crippen LogP contribution in [0.4, 0.5) is 0 Å². The number of hydrogen-bond donors (Lipinski definition) is 1. The largest absolute Gasteiger partial charge is 0.488 e. The van der Waals surface area contributed by atoms with Crippen molar-refractivity contribution in [1.29, 1.82) is 0 Å². The minimum Gasteiger partial charge on any atom is -0.488 e. The van der Waals surface area contributed by atoms with Gasteiger partial charge in [0.2, 0.25) is 5.76 Å². The SMILES string of the molecule is Cc1ncoc1C(=O)N1CC[C@@H](Oc2ccc(Cl)cc2)[C@H](O)C1. The standard InChI is InChI=1S/C16H17ClN2O4/c1-10-15(22-9-18-10)16(21)19-7-6-14(13(20)8-19)23-12-4-2-11(17)3-5-12/h2-5,9,13-14,20H,6-8H2,1H3/t13-,14-/m1/s1. The summed E-state index contributed by atoms with van der Waals surface area (Å²) in [7, 11) is 0. The predicted octanol–water partition coefficient (Wildman–Crippen LogP) is 2.29. The van der Waals surface area contributed by atoms with Gasteiger partial charge in [-0.1, -0.05) is 11.6 Å². The van der Waals surface area contributed by atoms with E-state index < -0.39 is 6.10 Å². The van der Waals surface area contributed by atoms with E-state index in [2.05, 4.69) is 4.98 Å². The molecule has 1 aliphatic rings. The van der Waals surface area contributed by atoms with Gasteiger partial charge in [-0.3, -0.25) is 4.79 Å². The average Bonchev–Trinajstić information content (AvgIpc) is 2.97. The number of nitrogens with zero attached hydrogens (tertiary/aromatic N) is 2. The molecule has 1 aromatic carbocycles. The van der Waals surface area contributed by atoms with Crippen molar-refractivity contribution in [3.8, 4) is 5.75 Å². The number of hydrogen-bond acceptors (Lipinski definition) is 5. The highest BCUT2D eigenvalue weighted by molar-refractivity contribution is 6.30. The number of aliphatic hydroxyl groups is 1. The number of aryl methyl sites for hydroxylation is 1. The Morgan fingerprint density at radius 1 is 1.43 bits per heavy atom. The second-order valence-corrected chi connectivity index (χ2v) is 5.92. The van der Waals surface area contributed by atoms with Gasteiger partial charge in [0.1, 0.15) is 18.0 Å². The zero-order chi connectivity index (χ0) is 16.4. The zero-order valence-electron chi connectivity index (χ0n) is 12.6. The molecule has 1 aromatic heterocycles. The molecule has 1 N–H and O–H groups in total. The second-order valence-electron chi connectivity index (χ2n) is 5.48. The second kappa shape index (κ2) is 6.60. The summed E-state index contributed by atoms with van der Waals surface area (Å²) in [6.07, 6.45) is 0.639. The van der Waals surface area contributed by atoms with Crippen LogP contribution in [0.5, 0.6) is 5.75 Å². The van der Waals surface area contributed by atoms with Gasteiger partial charge in [-0.2, -0.15) is 0 Å². The van der Waals surface area contributed by atoms with Crippen molar-refractivity contribution in [2.24, 2.45) is 0 Å². The Morgan fingerprint density at radius 3 is 2.78 bits per heavy atom. The van der Waals surface area contributed by atoms with Crippen LogP contribution in [0.25, 0.3) is 0 Å². The molecule has 2 heterocycles. The van der Waals surface area contributed by atoms with Gasteiger partial charge in [0, 0.05) is 18.0 Å². The summed E-state index contributed by atoms with van der Waals surface area (Å²) in [5.74, 6) is 0.600. The monoisotopic (exact) mass is 336 g/mol. The summed E-state index contributed by atoms with van der Waals surface area (Å²) < 4.78 is 10.9. The molecule has 0 spiro atoms. The Morgan fingerprint density at radius 2 is 2.17 bits per heavy atom. The topological polar surface area (TPSA) is 75.8 Å². The van der Waals surface area contributed by atoms with E-state index in [1.54, 1.807) is 36.1 Å². The Bertz CT molecular complexity index is 686. The molecule has 0 aliphatic carbocycles. The van der Waals surface area contributed by atoms with Gasteiger partial charge < -0.3 is 19.2 Å². The number of benzene rings is 1. The number of β-amino-alcohol motifs (C(OH)–C–C–N with tert-alkyl or cyclic N) is 1. The fourth-order valence-electron chi connectivity index (χ4n) is 2.57. The summed E-state index contributed by atoms with van der Waals surface area (Å²) in [6, 6.07) is 6.97. The summed E-state index contributed by atoms with van der Waals surface area (Å²) in [4.78, 5) is 17.8. The number of likely N-dealkylation sites (tertiary alicyclic amines) is 1. The summed E-state index contributed by atoms with van der Waals surface area (Å²) in [5.41, 5.74) is 0.545. The minimum absolute atomic E-state index is 0.192. The van der Waals surface area contributed by atoms with Crippen LogP contribution in [-0.4, -0.2) is 46.2 Å². The van der Waals surface area contributed by atoms with Crippen molar-refractivity contribution in [3.63, 3.8) is 0 Å². The minimum atomic E-state index is -0.772. The molecule has 0 bridgehead atoms. The van der Waals surface area contributed by atoms with E-state index in [-0.39, 0.29) is 24.3 Å². The lowest BCUT2D eigenvalue weighted by Gasteiger charge is -2.35. The Hall–Kier alpha value is -2.05. The van der Waals surface area contributed by atoms with E-state index >= 15 is 0 Å². The van der Waals surface area contributed by atoms with Gasteiger partial charge in [-0.25, -0.2) is 4.98 Å². The number of aliphatic hydroxyl groups excluding tert-OH is 1. The fraction of sp³-hybridized carbons (Fsp3) is 0.375. The molecule has 0 radical (unpaired) electrons. The van der Waals surface area contributed by atoms with Gasteiger partial charge in [0.05, 0.1) is 12.2 Å². The van der Waals surface area contributed by atoms with Crippen molar-refractivity contribution in [1.82, 2.24) is 9.88 Å². The smallest absolute Gasteiger partial charge is 0.291 e. The number of ether oxygens (including phenoxy) is 1. The third-order valence-electron chi connectivity index (χ3n) is 3.85. The quantitative estimate of drug-likeness (QED) is 0.930. The first-order chi connectivity index (χ1) is 11.0. The summed E-state index contributed by atoms with van der Waals surface area (Å²) in [6.45, 7) is 2.38. The van der Waals surface area contributed by atoms with Crippen molar-refractivity contribution < 1.29 is 19.1 Å².